The fraction of sp³-hybridized carbons (Fsp3) is 0.318. The minimum Gasteiger partial charge on any atom is -0.381 e. The summed E-state index contributed by atoms with van der Waals surface area (Å²) in [6.45, 7) is 0.677. The van der Waals surface area contributed by atoms with Crippen molar-refractivity contribution in [3.05, 3.63) is 64.2 Å². The van der Waals surface area contributed by atoms with Crippen LogP contribution < -0.4 is 4.31 Å². The highest BCUT2D eigenvalue weighted by atomic mass is 32.2. The molecule has 3 aromatic rings. The van der Waals surface area contributed by atoms with E-state index >= 15 is 4.39 Å². The van der Waals surface area contributed by atoms with Gasteiger partial charge >= 0.3 is 0 Å². The molecule has 0 unspecified atom stereocenters. The van der Waals surface area contributed by atoms with Gasteiger partial charge in [-0.05, 0) is 43.2 Å². The van der Waals surface area contributed by atoms with Crippen molar-refractivity contribution in [3.8, 4) is 11.3 Å². The van der Waals surface area contributed by atoms with E-state index in [1.165, 1.54) is 36.6 Å². The summed E-state index contributed by atoms with van der Waals surface area (Å²) in [5, 5.41) is 2.58. The van der Waals surface area contributed by atoms with Gasteiger partial charge in [0.15, 0.2) is 5.82 Å². The zero-order chi connectivity index (χ0) is 23.6. The normalized spacial score (nSPS) is 15.0. The quantitative estimate of drug-likeness (QED) is 0.433. The van der Waals surface area contributed by atoms with Gasteiger partial charge in [-0.3, -0.25) is 0 Å². The molecule has 0 aliphatic carbocycles. The van der Waals surface area contributed by atoms with E-state index in [1.54, 1.807) is 5.38 Å². The summed E-state index contributed by atoms with van der Waals surface area (Å²) in [6.07, 6.45) is 1.66. The molecule has 0 spiro atoms. The van der Waals surface area contributed by atoms with E-state index in [-0.39, 0.29) is 17.2 Å². The Labute approximate surface area is 193 Å². The highest BCUT2D eigenvalue weighted by molar-refractivity contribution is 7.92. The molecule has 1 aliphatic rings. The molecule has 1 aromatic heterocycles. The Morgan fingerprint density at radius 1 is 1.18 bits per heavy atom. The maximum absolute atomic E-state index is 15.6. The molecule has 1 aliphatic heterocycles. The lowest BCUT2D eigenvalue weighted by molar-refractivity contribution is 0.0853. The summed E-state index contributed by atoms with van der Waals surface area (Å²) in [7, 11) is -3.47. The Morgan fingerprint density at radius 2 is 1.94 bits per heavy atom. The molecule has 1 fully saturated rings. The van der Waals surface area contributed by atoms with Crippen molar-refractivity contribution < 1.29 is 31.1 Å². The molecule has 33 heavy (non-hydrogen) atoms. The van der Waals surface area contributed by atoms with Gasteiger partial charge in [0.25, 0.3) is 10.0 Å². The number of hydrogen-bond acceptors (Lipinski definition) is 6. The first-order valence-corrected chi connectivity index (χ1v) is 12.4. The Balaban J connectivity index is 1.74. The maximum Gasteiger partial charge on any atom is 0.269 e. The van der Waals surface area contributed by atoms with Crippen molar-refractivity contribution in [2.24, 2.45) is 0 Å². The third-order valence-electron chi connectivity index (χ3n) is 5.32. The predicted molar refractivity (Wildman–Crippen MR) is 118 cm³/mol. The monoisotopic (exact) mass is 498 g/mol. The maximum atomic E-state index is 15.6. The number of rotatable bonds is 7. The SMILES string of the molecule is COCN(c1cccc(-c2csc(C3CCOCC3)n2)c1F)S(=O)(=O)c1cc(F)ccc1F. The Morgan fingerprint density at radius 3 is 2.67 bits per heavy atom. The summed E-state index contributed by atoms with van der Waals surface area (Å²) in [6, 6.07) is 6.25. The van der Waals surface area contributed by atoms with Crippen LogP contribution in [0.1, 0.15) is 23.8 Å². The van der Waals surface area contributed by atoms with Crippen LogP contribution in [0.15, 0.2) is 46.7 Å². The first-order valence-electron chi connectivity index (χ1n) is 10.1. The number of sulfonamides is 1. The molecular weight excluding hydrogens is 477 g/mol. The van der Waals surface area contributed by atoms with Crippen molar-refractivity contribution in [2.45, 2.75) is 23.7 Å². The van der Waals surface area contributed by atoms with Gasteiger partial charge in [-0.25, -0.2) is 30.9 Å². The van der Waals surface area contributed by atoms with Gasteiger partial charge in [0, 0.05) is 37.2 Å². The van der Waals surface area contributed by atoms with E-state index in [2.05, 4.69) is 4.98 Å². The van der Waals surface area contributed by atoms with E-state index in [1.807, 2.05) is 0 Å². The van der Waals surface area contributed by atoms with Crippen molar-refractivity contribution in [1.82, 2.24) is 4.98 Å². The average molecular weight is 499 g/mol. The van der Waals surface area contributed by atoms with Gasteiger partial charge in [0.1, 0.15) is 23.3 Å². The lowest BCUT2D eigenvalue weighted by Crippen LogP contribution is -2.34. The molecule has 0 atom stereocenters. The van der Waals surface area contributed by atoms with E-state index in [9.17, 15) is 17.2 Å². The molecule has 0 saturated carbocycles. The molecule has 176 valence electrons. The summed E-state index contributed by atoms with van der Waals surface area (Å²) in [5.41, 5.74) is 0.101. The van der Waals surface area contributed by atoms with Crippen LogP contribution in [0, 0.1) is 17.5 Å². The fourth-order valence-electron chi connectivity index (χ4n) is 3.63. The average Bonchev–Trinajstić information content (AvgIpc) is 3.30. The van der Waals surface area contributed by atoms with E-state index in [0.717, 1.165) is 23.9 Å². The number of thiazole rings is 1. The third kappa shape index (κ3) is 4.77. The molecule has 2 aromatic carbocycles. The van der Waals surface area contributed by atoms with Crippen LogP contribution in [0.2, 0.25) is 0 Å². The number of methoxy groups -OCH3 is 1. The lowest BCUT2D eigenvalue weighted by Gasteiger charge is -2.24. The van der Waals surface area contributed by atoms with Gasteiger partial charge < -0.3 is 9.47 Å². The van der Waals surface area contributed by atoms with Gasteiger partial charge in [-0.2, -0.15) is 0 Å². The van der Waals surface area contributed by atoms with Crippen molar-refractivity contribution in [1.29, 1.82) is 0 Å². The second-order valence-electron chi connectivity index (χ2n) is 7.44. The largest absolute Gasteiger partial charge is 0.381 e. The van der Waals surface area contributed by atoms with Crippen molar-refractivity contribution in [2.75, 3.05) is 31.4 Å². The second kappa shape index (κ2) is 9.80. The molecule has 4 rings (SSSR count). The number of ether oxygens (including phenoxy) is 2. The van der Waals surface area contributed by atoms with Gasteiger partial charge in [-0.15, -0.1) is 11.3 Å². The van der Waals surface area contributed by atoms with Crippen LogP contribution in [-0.2, 0) is 19.5 Å². The number of benzene rings is 2. The molecule has 1 saturated heterocycles. The third-order valence-corrected chi connectivity index (χ3v) is 8.08. The molecule has 0 amide bonds. The van der Waals surface area contributed by atoms with Crippen LogP contribution in [-0.4, -0.2) is 40.5 Å². The highest BCUT2D eigenvalue weighted by Gasteiger charge is 2.31. The number of halogens is 3. The summed E-state index contributed by atoms with van der Waals surface area (Å²) >= 11 is 1.41. The van der Waals surface area contributed by atoms with Crippen LogP contribution in [0.25, 0.3) is 11.3 Å². The van der Waals surface area contributed by atoms with E-state index in [0.29, 0.717) is 35.3 Å². The Kier molecular flexibility index (Phi) is 7.03. The van der Waals surface area contributed by atoms with Crippen LogP contribution in [0.4, 0.5) is 18.9 Å². The molecule has 6 nitrogen and oxygen atoms in total. The van der Waals surface area contributed by atoms with Crippen molar-refractivity contribution in [3.63, 3.8) is 0 Å². The topological polar surface area (TPSA) is 68.7 Å². The first-order chi connectivity index (χ1) is 15.8. The smallest absolute Gasteiger partial charge is 0.269 e. The Bertz CT molecular complexity index is 1240. The molecule has 11 heteroatoms. The Hall–Kier alpha value is -2.47. The predicted octanol–water partition coefficient (Wildman–Crippen LogP) is 4.92. The number of nitrogens with zero attached hydrogens (tertiary/aromatic N) is 2. The van der Waals surface area contributed by atoms with Crippen LogP contribution in [0.5, 0.6) is 0 Å². The molecule has 0 bridgehead atoms. The number of hydrogen-bond donors (Lipinski definition) is 0. The minimum atomic E-state index is -4.68. The summed E-state index contributed by atoms with van der Waals surface area (Å²) < 4.78 is 80.8. The zero-order valence-corrected chi connectivity index (χ0v) is 19.3. The van der Waals surface area contributed by atoms with Gasteiger partial charge in [-0.1, -0.05) is 6.07 Å². The molecular formula is C22H21F3N2O4S2. The minimum absolute atomic E-state index is 0.0954. The van der Waals surface area contributed by atoms with E-state index in [4.69, 9.17) is 9.47 Å². The van der Waals surface area contributed by atoms with Gasteiger partial charge in [0.05, 0.1) is 16.4 Å². The highest BCUT2D eigenvalue weighted by Crippen LogP contribution is 2.36. The standard InChI is InChI=1S/C22H21F3N2O4S2/c1-30-13-27(33(28,29)20-11-15(23)5-6-17(20)24)19-4-2-3-16(21(19)25)18-12-32-22(26-18)14-7-9-31-10-8-14/h2-6,11-12,14H,7-10,13H2,1H3. The fourth-order valence-corrected chi connectivity index (χ4v) is 6.08. The van der Waals surface area contributed by atoms with Crippen LogP contribution >= 0.6 is 11.3 Å². The van der Waals surface area contributed by atoms with Crippen LogP contribution in [0.3, 0.4) is 0 Å². The van der Waals surface area contributed by atoms with Crippen molar-refractivity contribution >= 4 is 27.0 Å². The zero-order valence-electron chi connectivity index (χ0n) is 17.6. The summed E-state index contributed by atoms with van der Waals surface area (Å²) in [5.74, 6) is -2.73. The molecule has 0 N–H and O–H groups in total. The molecule has 0 radical (unpaired) electrons. The molecule has 2 heterocycles. The van der Waals surface area contributed by atoms with E-state index < -0.39 is 39.1 Å². The lowest BCUT2D eigenvalue weighted by atomic mass is 10.0. The van der Waals surface area contributed by atoms with Gasteiger partial charge in [0.2, 0.25) is 0 Å². The number of aromatic nitrogens is 1. The second-order valence-corrected chi connectivity index (χ2v) is 10.2. The summed E-state index contributed by atoms with van der Waals surface area (Å²) in [4.78, 5) is 3.65. The number of anilines is 1. The first kappa shape index (κ1) is 23.7.